The molecule has 1 fully saturated rings. The molecule has 2 N–H and O–H groups in total. The van der Waals surface area contributed by atoms with Crippen LogP contribution in [0.15, 0.2) is 0 Å². The van der Waals surface area contributed by atoms with Crippen molar-refractivity contribution in [3.63, 3.8) is 0 Å². The minimum absolute atomic E-state index is 0.0325. The molecular weight excluding hydrogens is 304 g/mol. The number of hydrogen-bond donors (Lipinski definition) is 2. The highest BCUT2D eigenvalue weighted by Gasteiger charge is 2.33. The van der Waals surface area contributed by atoms with Gasteiger partial charge in [-0.3, -0.25) is 14.9 Å². The average molecular weight is 341 g/mol. The maximum absolute atomic E-state index is 12.9. The third-order valence-electron chi connectivity index (χ3n) is 5.24. The van der Waals surface area contributed by atoms with E-state index in [4.69, 9.17) is 4.74 Å². The summed E-state index contributed by atoms with van der Waals surface area (Å²) in [6.07, 6.45) is 7.56. The molecule has 1 saturated carbocycles. The molecule has 0 aromatic heterocycles. The van der Waals surface area contributed by atoms with Gasteiger partial charge >= 0.3 is 5.97 Å². The molecule has 1 aliphatic carbocycles. The first-order valence-electron chi connectivity index (χ1n) is 9.58. The number of hydrogen-bond acceptors (Lipinski definition) is 4. The Morgan fingerprint density at radius 3 is 2.08 bits per heavy atom. The van der Waals surface area contributed by atoms with Gasteiger partial charge in [-0.15, -0.1) is 0 Å². The highest BCUT2D eigenvalue weighted by atomic mass is 16.5. The van der Waals surface area contributed by atoms with Crippen LogP contribution in [0.3, 0.4) is 0 Å². The summed E-state index contributed by atoms with van der Waals surface area (Å²) in [4.78, 5) is 25.0. The van der Waals surface area contributed by atoms with Crippen molar-refractivity contribution in [2.24, 2.45) is 11.8 Å². The second kappa shape index (κ2) is 10.7. The Morgan fingerprint density at radius 1 is 1.04 bits per heavy atom. The van der Waals surface area contributed by atoms with Crippen LogP contribution in [0.5, 0.6) is 0 Å². The predicted molar refractivity (Wildman–Crippen MR) is 96.7 cm³/mol. The van der Waals surface area contributed by atoms with E-state index >= 15 is 0 Å². The van der Waals surface area contributed by atoms with Crippen molar-refractivity contribution in [1.29, 1.82) is 0 Å². The Balaban J connectivity index is 2.84. The SMILES string of the molecule is CCC(CC)[C@H](N[C@@H](C(=O)OC)C(C)C)C(=O)NC1CCCCC1. The number of nitrogens with one attached hydrogen (secondary N) is 2. The van der Waals surface area contributed by atoms with E-state index in [-0.39, 0.29) is 35.8 Å². The third kappa shape index (κ3) is 6.08. The predicted octanol–water partition coefficient (Wildman–Crippen LogP) is 3.03. The van der Waals surface area contributed by atoms with Gasteiger partial charge in [0.25, 0.3) is 0 Å². The van der Waals surface area contributed by atoms with E-state index in [1.807, 2.05) is 13.8 Å². The Labute approximate surface area is 147 Å². The second-order valence-electron chi connectivity index (χ2n) is 7.31. The van der Waals surface area contributed by atoms with Gasteiger partial charge in [0.2, 0.25) is 5.91 Å². The molecule has 0 heterocycles. The lowest BCUT2D eigenvalue weighted by Gasteiger charge is -2.32. The van der Waals surface area contributed by atoms with Gasteiger partial charge in [-0.05, 0) is 24.7 Å². The number of carbonyl (C=O) groups excluding carboxylic acids is 2. The quantitative estimate of drug-likeness (QED) is 0.633. The lowest BCUT2D eigenvalue weighted by atomic mass is 9.90. The maximum atomic E-state index is 12.9. The molecule has 1 amide bonds. The van der Waals surface area contributed by atoms with Crippen molar-refractivity contribution in [1.82, 2.24) is 10.6 Å². The fourth-order valence-electron chi connectivity index (χ4n) is 3.58. The molecule has 0 unspecified atom stereocenters. The van der Waals surface area contributed by atoms with E-state index in [2.05, 4.69) is 24.5 Å². The number of ether oxygens (including phenoxy) is 1. The van der Waals surface area contributed by atoms with Crippen molar-refractivity contribution >= 4 is 11.9 Å². The fraction of sp³-hybridized carbons (Fsp3) is 0.895. The van der Waals surface area contributed by atoms with Crippen LogP contribution in [0, 0.1) is 11.8 Å². The number of amides is 1. The molecule has 5 heteroatoms. The first-order valence-corrected chi connectivity index (χ1v) is 9.58. The molecule has 0 radical (unpaired) electrons. The van der Waals surface area contributed by atoms with Gasteiger partial charge in [-0.2, -0.15) is 0 Å². The van der Waals surface area contributed by atoms with Crippen LogP contribution in [0.1, 0.15) is 72.6 Å². The van der Waals surface area contributed by atoms with E-state index in [9.17, 15) is 9.59 Å². The molecule has 0 aromatic rings. The van der Waals surface area contributed by atoms with Crippen LogP contribution in [0.4, 0.5) is 0 Å². The summed E-state index contributed by atoms with van der Waals surface area (Å²) in [7, 11) is 1.40. The van der Waals surface area contributed by atoms with Gasteiger partial charge < -0.3 is 10.1 Å². The number of methoxy groups -OCH3 is 1. The molecule has 140 valence electrons. The molecule has 0 aliphatic heterocycles. The molecule has 0 saturated heterocycles. The second-order valence-corrected chi connectivity index (χ2v) is 7.31. The zero-order valence-corrected chi connectivity index (χ0v) is 16.1. The molecule has 0 bridgehead atoms. The Bertz CT molecular complexity index is 388. The van der Waals surface area contributed by atoms with Gasteiger partial charge in [-0.25, -0.2) is 0 Å². The largest absolute Gasteiger partial charge is 0.468 e. The smallest absolute Gasteiger partial charge is 0.323 e. The summed E-state index contributed by atoms with van der Waals surface area (Å²) in [5.74, 6) is 0.00728. The van der Waals surface area contributed by atoms with E-state index in [1.165, 1.54) is 26.4 Å². The van der Waals surface area contributed by atoms with Crippen molar-refractivity contribution in [3.05, 3.63) is 0 Å². The van der Waals surface area contributed by atoms with Crippen molar-refractivity contribution in [2.45, 2.75) is 90.8 Å². The highest BCUT2D eigenvalue weighted by Crippen LogP contribution is 2.20. The van der Waals surface area contributed by atoms with E-state index < -0.39 is 6.04 Å². The van der Waals surface area contributed by atoms with Crippen molar-refractivity contribution < 1.29 is 14.3 Å². The number of carbonyl (C=O) groups is 2. The highest BCUT2D eigenvalue weighted by molar-refractivity contribution is 5.84. The first-order chi connectivity index (χ1) is 11.4. The normalized spacial score (nSPS) is 18.5. The summed E-state index contributed by atoms with van der Waals surface area (Å²) in [5.41, 5.74) is 0. The molecule has 24 heavy (non-hydrogen) atoms. The maximum Gasteiger partial charge on any atom is 0.323 e. The molecule has 1 rings (SSSR count). The summed E-state index contributed by atoms with van der Waals surface area (Å²) in [5, 5.41) is 6.52. The summed E-state index contributed by atoms with van der Waals surface area (Å²) in [6.45, 7) is 8.13. The van der Waals surface area contributed by atoms with Crippen molar-refractivity contribution in [3.8, 4) is 0 Å². The van der Waals surface area contributed by atoms with Crippen LogP contribution < -0.4 is 10.6 Å². The van der Waals surface area contributed by atoms with E-state index in [0.29, 0.717) is 0 Å². The number of rotatable bonds is 9. The zero-order chi connectivity index (χ0) is 18.1. The molecule has 0 aromatic carbocycles. The van der Waals surface area contributed by atoms with Crippen molar-refractivity contribution in [2.75, 3.05) is 7.11 Å². The molecule has 2 atom stereocenters. The lowest BCUT2D eigenvalue weighted by molar-refractivity contribution is -0.145. The topological polar surface area (TPSA) is 67.4 Å². The first kappa shape index (κ1) is 20.9. The summed E-state index contributed by atoms with van der Waals surface area (Å²) >= 11 is 0. The fourth-order valence-corrected chi connectivity index (χ4v) is 3.58. The number of esters is 1. The minimum Gasteiger partial charge on any atom is -0.468 e. The minimum atomic E-state index is -0.460. The van der Waals surface area contributed by atoms with Crippen LogP contribution in [0.25, 0.3) is 0 Å². The molecule has 5 nitrogen and oxygen atoms in total. The molecule has 0 spiro atoms. The van der Waals surface area contributed by atoms with Gasteiger partial charge in [-0.1, -0.05) is 59.8 Å². The van der Waals surface area contributed by atoms with Gasteiger partial charge in [0.1, 0.15) is 6.04 Å². The monoisotopic (exact) mass is 340 g/mol. The average Bonchev–Trinajstić information content (AvgIpc) is 2.58. The van der Waals surface area contributed by atoms with Crippen LogP contribution in [0.2, 0.25) is 0 Å². The standard InChI is InChI=1S/C19H36N2O3/c1-6-14(7-2)17(21-16(13(3)4)19(23)24-5)18(22)20-15-11-9-8-10-12-15/h13-17,21H,6-12H2,1-5H3,(H,20,22)/t16-,17+/m1/s1. The molecular formula is C19H36N2O3. The lowest BCUT2D eigenvalue weighted by Crippen LogP contribution is -2.57. The van der Waals surface area contributed by atoms with E-state index in [1.54, 1.807) is 0 Å². The van der Waals surface area contributed by atoms with Crippen LogP contribution >= 0.6 is 0 Å². The summed E-state index contributed by atoms with van der Waals surface area (Å²) in [6, 6.07) is -0.535. The van der Waals surface area contributed by atoms with Crippen LogP contribution in [-0.2, 0) is 14.3 Å². The van der Waals surface area contributed by atoms with Gasteiger partial charge in [0, 0.05) is 6.04 Å². The third-order valence-corrected chi connectivity index (χ3v) is 5.24. The summed E-state index contributed by atoms with van der Waals surface area (Å²) < 4.78 is 4.92. The van der Waals surface area contributed by atoms with Gasteiger partial charge in [0.05, 0.1) is 13.2 Å². The Kier molecular flexibility index (Phi) is 9.34. The molecule has 1 aliphatic rings. The van der Waals surface area contributed by atoms with Gasteiger partial charge in [0.15, 0.2) is 0 Å². The van der Waals surface area contributed by atoms with Crippen LogP contribution in [-0.4, -0.2) is 37.1 Å². The Morgan fingerprint density at radius 2 is 1.62 bits per heavy atom. The Hall–Kier alpha value is -1.10. The van der Waals surface area contributed by atoms with E-state index in [0.717, 1.165) is 25.7 Å². The zero-order valence-electron chi connectivity index (χ0n) is 16.1.